The van der Waals surface area contributed by atoms with Crippen LogP contribution in [0.15, 0.2) is 53.4 Å². The highest BCUT2D eigenvalue weighted by Crippen LogP contribution is 2.26. The van der Waals surface area contributed by atoms with Crippen LogP contribution in [0.1, 0.15) is 41.8 Å². The van der Waals surface area contributed by atoms with Crippen molar-refractivity contribution in [2.75, 3.05) is 26.7 Å². The number of nitrogens with zero attached hydrogens (tertiary/aromatic N) is 2. The van der Waals surface area contributed by atoms with E-state index in [0.29, 0.717) is 31.5 Å². The second-order valence-electron chi connectivity index (χ2n) is 9.10. The van der Waals surface area contributed by atoms with Crippen LogP contribution in [0.25, 0.3) is 0 Å². The number of hydrogen-bond donors (Lipinski definition) is 0. The highest BCUT2D eigenvalue weighted by molar-refractivity contribution is 7.89. The first-order chi connectivity index (χ1) is 15.6. The molecule has 1 saturated heterocycles. The van der Waals surface area contributed by atoms with Crippen molar-refractivity contribution in [2.45, 2.75) is 38.6 Å². The van der Waals surface area contributed by atoms with Gasteiger partial charge in [0, 0.05) is 26.7 Å². The molecule has 178 valence electrons. The third kappa shape index (κ3) is 6.42. The minimum Gasteiger partial charge on any atom is -0.452 e. The molecule has 1 aliphatic heterocycles. The van der Waals surface area contributed by atoms with Crippen molar-refractivity contribution in [2.24, 2.45) is 11.8 Å². The summed E-state index contributed by atoms with van der Waals surface area (Å²) >= 11 is 0. The summed E-state index contributed by atoms with van der Waals surface area (Å²) in [4.78, 5) is 26.3. The molecule has 0 radical (unpaired) electrons. The Bertz CT molecular complexity index is 1070. The lowest BCUT2D eigenvalue weighted by Crippen LogP contribution is -2.42. The van der Waals surface area contributed by atoms with Gasteiger partial charge < -0.3 is 9.64 Å². The standard InChI is InChI=1S/C25H32N2O5S/c1-18-5-7-21(8-6-18)16-26(4)24(28)17-32-25(29)22-9-11-23(12-10-22)33(30,31)27-14-19(2)13-20(3)15-27/h5-12,19-20H,13-17H2,1-4H3. The third-order valence-electron chi connectivity index (χ3n) is 5.86. The Balaban J connectivity index is 1.56. The molecule has 0 aliphatic carbocycles. The molecule has 2 atom stereocenters. The molecule has 8 heteroatoms. The van der Waals surface area contributed by atoms with Gasteiger partial charge in [0.15, 0.2) is 6.61 Å². The molecule has 0 spiro atoms. The van der Waals surface area contributed by atoms with E-state index in [2.05, 4.69) is 13.8 Å². The zero-order valence-corrected chi connectivity index (χ0v) is 20.5. The summed E-state index contributed by atoms with van der Waals surface area (Å²) in [5.74, 6) is -0.383. The normalized spacial score (nSPS) is 19.2. The molecular weight excluding hydrogens is 440 g/mol. The van der Waals surface area contributed by atoms with Gasteiger partial charge in [0.25, 0.3) is 5.91 Å². The average molecular weight is 473 g/mol. The Labute approximate surface area is 196 Å². The molecular formula is C25H32N2O5S. The number of likely N-dealkylation sites (N-methyl/N-ethyl adjacent to an activating group) is 1. The van der Waals surface area contributed by atoms with Gasteiger partial charge in [0.1, 0.15) is 0 Å². The fourth-order valence-electron chi connectivity index (χ4n) is 4.09. The Morgan fingerprint density at radius 3 is 2.15 bits per heavy atom. The van der Waals surface area contributed by atoms with Gasteiger partial charge in [-0.05, 0) is 55.0 Å². The number of piperidine rings is 1. The Kier molecular flexibility index (Phi) is 7.92. The van der Waals surface area contributed by atoms with Gasteiger partial charge in [-0.15, -0.1) is 0 Å². The van der Waals surface area contributed by atoms with Gasteiger partial charge >= 0.3 is 5.97 Å². The van der Waals surface area contributed by atoms with E-state index >= 15 is 0 Å². The topological polar surface area (TPSA) is 84.0 Å². The van der Waals surface area contributed by atoms with Gasteiger partial charge in [-0.25, -0.2) is 13.2 Å². The van der Waals surface area contributed by atoms with Gasteiger partial charge in [-0.2, -0.15) is 4.31 Å². The highest BCUT2D eigenvalue weighted by Gasteiger charge is 2.31. The summed E-state index contributed by atoms with van der Waals surface area (Å²) in [7, 11) is -1.97. The number of hydrogen-bond acceptors (Lipinski definition) is 5. The third-order valence-corrected chi connectivity index (χ3v) is 7.70. The lowest BCUT2D eigenvalue weighted by molar-refractivity contribution is -0.133. The van der Waals surface area contributed by atoms with E-state index in [4.69, 9.17) is 4.74 Å². The Hall–Kier alpha value is -2.71. The minimum atomic E-state index is -3.62. The summed E-state index contributed by atoms with van der Waals surface area (Å²) < 4.78 is 32.6. The minimum absolute atomic E-state index is 0.147. The quantitative estimate of drug-likeness (QED) is 0.576. The predicted octanol–water partition coefficient (Wildman–Crippen LogP) is 3.48. The van der Waals surface area contributed by atoms with Gasteiger partial charge in [-0.1, -0.05) is 43.7 Å². The first-order valence-electron chi connectivity index (χ1n) is 11.1. The van der Waals surface area contributed by atoms with Crippen LogP contribution in [0.5, 0.6) is 0 Å². The summed E-state index contributed by atoms with van der Waals surface area (Å²) in [5.41, 5.74) is 2.32. The summed E-state index contributed by atoms with van der Waals surface area (Å²) in [6.07, 6.45) is 1.01. The predicted molar refractivity (Wildman–Crippen MR) is 126 cm³/mol. The smallest absolute Gasteiger partial charge is 0.338 e. The zero-order valence-electron chi connectivity index (χ0n) is 19.7. The molecule has 1 heterocycles. The second kappa shape index (κ2) is 10.5. The van der Waals surface area contributed by atoms with E-state index in [9.17, 15) is 18.0 Å². The van der Waals surface area contributed by atoms with Crippen LogP contribution in [-0.4, -0.2) is 56.2 Å². The van der Waals surface area contributed by atoms with Crippen molar-refractivity contribution in [1.29, 1.82) is 0 Å². The van der Waals surface area contributed by atoms with Crippen molar-refractivity contribution in [1.82, 2.24) is 9.21 Å². The molecule has 0 N–H and O–H groups in total. The van der Waals surface area contributed by atoms with Crippen molar-refractivity contribution in [3.63, 3.8) is 0 Å². The van der Waals surface area contributed by atoms with Crippen molar-refractivity contribution < 1.29 is 22.7 Å². The number of aryl methyl sites for hydroxylation is 1. The summed E-state index contributed by atoms with van der Waals surface area (Å²) in [5, 5.41) is 0. The monoisotopic (exact) mass is 472 g/mol. The van der Waals surface area contributed by atoms with Crippen molar-refractivity contribution in [3.8, 4) is 0 Å². The summed E-state index contributed by atoms with van der Waals surface area (Å²) in [6, 6.07) is 13.5. The molecule has 2 aromatic carbocycles. The lowest BCUT2D eigenvalue weighted by Gasteiger charge is -2.34. The van der Waals surface area contributed by atoms with E-state index in [-0.39, 0.29) is 23.0 Å². The number of benzene rings is 2. The average Bonchev–Trinajstić information content (AvgIpc) is 2.78. The SMILES string of the molecule is Cc1ccc(CN(C)C(=O)COC(=O)c2ccc(S(=O)(=O)N3CC(C)CC(C)C3)cc2)cc1. The molecule has 3 rings (SSSR count). The van der Waals surface area contributed by atoms with Crippen LogP contribution >= 0.6 is 0 Å². The number of sulfonamides is 1. The molecule has 7 nitrogen and oxygen atoms in total. The second-order valence-corrected chi connectivity index (χ2v) is 11.0. The van der Waals surface area contributed by atoms with Crippen LogP contribution in [0.2, 0.25) is 0 Å². The van der Waals surface area contributed by atoms with Gasteiger partial charge in [0.05, 0.1) is 10.5 Å². The first-order valence-corrected chi connectivity index (χ1v) is 12.6. The Morgan fingerprint density at radius 2 is 1.58 bits per heavy atom. The number of amides is 1. The van der Waals surface area contributed by atoms with Crippen molar-refractivity contribution in [3.05, 3.63) is 65.2 Å². The Morgan fingerprint density at radius 1 is 1.00 bits per heavy atom. The number of rotatable bonds is 7. The maximum absolute atomic E-state index is 13.0. The van der Waals surface area contributed by atoms with Gasteiger partial charge in [0.2, 0.25) is 10.0 Å². The van der Waals surface area contributed by atoms with Crippen LogP contribution < -0.4 is 0 Å². The number of carbonyl (C=O) groups excluding carboxylic acids is 2. The van der Waals surface area contributed by atoms with E-state index in [1.165, 1.54) is 33.5 Å². The molecule has 2 unspecified atom stereocenters. The molecule has 0 bridgehead atoms. The van der Waals surface area contributed by atoms with E-state index in [1.807, 2.05) is 31.2 Å². The molecule has 2 aromatic rings. The molecule has 0 saturated carbocycles. The first kappa shape index (κ1) is 24.9. The van der Waals surface area contributed by atoms with E-state index < -0.39 is 16.0 Å². The maximum Gasteiger partial charge on any atom is 0.338 e. The van der Waals surface area contributed by atoms with Crippen LogP contribution in [-0.2, 0) is 26.1 Å². The molecule has 0 aromatic heterocycles. The van der Waals surface area contributed by atoms with Crippen molar-refractivity contribution >= 4 is 21.9 Å². The number of carbonyl (C=O) groups is 2. The maximum atomic E-state index is 13.0. The van der Waals surface area contributed by atoms with Crippen LogP contribution in [0.3, 0.4) is 0 Å². The van der Waals surface area contributed by atoms with E-state index in [1.54, 1.807) is 7.05 Å². The fourth-order valence-corrected chi connectivity index (χ4v) is 5.77. The van der Waals surface area contributed by atoms with Crippen LogP contribution in [0, 0.1) is 18.8 Å². The zero-order chi connectivity index (χ0) is 24.2. The molecule has 33 heavy (non-hydrogen) atoms. The highest BCUT2D eigenvalue weighted by atomic mass is 32.2. The molecule has 1 amide bonds. The van der Waals surface area contributed by atoms with Crippen LogP contribution in [0.4, 0.5) is 0 Å². The largest absolute Gasteiger partial charge is 0.452 e. The fraction of sp³-hybridized carbons (Fsp3) is 0.440. The molecule has 1 aliphatic rings. The number of ether oxygens (including phenoxy) is 1. The van der Waals surface area contributed by atoms with E-state index in [0.717, 1.165) is 17.5 Å². The number of esters is 1. The molecule has 1 fully saturated rings. The van der Waals surface area contributed by atoms with Gasteiger partial charge in [-0.3, -0.25) is 4.79 Å². The summed E-state index contributed by atoms with van der Waals surface area (Å²) in [6.45, 7) is 7.12. The lowest BCUT2D eigenvalue weighted by atomic mass is 9.94.